The minimum Gasteiger partial charge on any atom is -0.290 e. The summed E-state index contributed by atoms with van der Waals surface area (Å²) in [7, 11) is 0. The van der Waals surface area contributed by atoms with Gasteiger partial charge in [-0.15, -0.1) is 11.3 Å². The Morgan fingerprint density at radius 2 is 2.08 bits per heavy atom. The van der Waals surface area contributed by atoms with Crippen LogP contribution >= 0.6 is 11.3 Å². The zero-order valence-electron chi connectivity index (χ0n) is 6.66. The molecular weight excluding hydrogens is 168 g/mol. The second-order valence-corrected chi connectivity index (χ2v) is 3.78. The van der Waals surface area contributed by atoms with Crippen molar-refractivity contribution in [2.75, 3.05) is 0 Å². The van der Waals surface area contributed by atoms with Crippen LogP contribution in [0.3, 0.4) is 0 Å². The van der Waals surface area contributed by atoms with E-state index in [1.165, 1.54) is 11.3 Å². The molecule has 0 spiro atoms. The number of hydrogen-bond donors (Lipinski definition) is 1. The van der Waals surface area contributed by atoms with Crippen molar-refractivity contribution in [1.29, 1.82) is 5.41 Å². The predicted octanol–water partition coefficient (Wildman–Crippen LogP) is 2.08. The summed E-state index contributed by atoms with van der Waals surface area (Å²) in [5.74, 6) is 0. The first kappa shape index (κ1) is 7.43. The summed E-state index contributed by atoms with van der Waals surface area (Å²) in [4.78, 5) is 4.34. The molecule has 0 saturated heterocycles. The molecule has 0 aliphatic rings. The third kappa shape index (κ3) is 1.12. The molecule has 1 aromatic carbocycles. The van der Waals surface area contributed by atoms with Gasteiger partial charge in [0.05, 0.1) is 10.5 Å². The maximum Gasteiger partial charge on any atom is 0.118 e. The first-order chi connectivity index (χ1) is 5.77. The van der Waals surface area contributed by atoms with Gasteiger partial charge in [-0.25, -0.2) is 4.98 Å². The van der Waals surface area contributed by atoms with Crippen LogP contribution in [0.2, 0.25) is 0 Å². The molecule has 12 heavy (non-hydrogen) atoms. The van der Waals surface area contributed by atoms with Gasteiger partial charge in [-0.3, -0.25) is 5.41 Å². The molecular formula is C9H8N2S. The lowest BCUT2D eigenvalue weighted by molar-refractivity contribution is 1.30. The van der Waals surface area contributed by atoms with E-state index in [0.29, 0.717) is 4.67 Å². The zero-order valence-corrected chi connectivity index (χ0v) is 7.48. The molecule has 3 heteroatoms. The van der Waals surface area contributed by atoms with E-state index in [9.17, 15) is 0 Å². The summed E-state index contributed by atoms with van der Waals surface area (Å²) in [6, 6.07) is 7.75. The highest BCUT2D eigenvalue weighted by molar-refractivity contribution is 7.09. The Labute approximate surface area is 74.0 Å². The number of aromatic nitrogens is 1. The number of rotatable bonds is 0. The molecule has 1 N–H and O–H groups in total. The van der Waals surface area contributed by atoms with Crippen molar-refractivity contribution < 1.29 is 0 Å². The summed E-state index contributed by atoms with van der Waals surface area (Å²) in [6.07, 6.45) is 0. The van der Waals surface area contributed by atoms with Crippen LogP contribution in [0.25, 0.3) is 10.9 Å². The molecule has 2 nitrogen and oxygen atoms in total. The summed E-state index contributed by atoms with van der Waals surface area (Å²) in [6.45, 7) is 1.93. The maximum absolute atomic E-state index is 7.68. The number of hydrogen-bond acceptors (Lipinski definition) is 3. The summed E-state index contributed by atoms with van der Waals surface area (Å²) in [5.41, 5.74) is 0.916. The molecule has 1 heterocycles. The molecule has 0 atom stereocenters. The lowest BCUT2D eigenvalue weighted by Crippen LogP contribution is -1.97. The number of aryl methyl sites for hydroxylation is 1. The smallest absolute Gasteiger partial charge is 0.118 e. The number of fused-ring (bicyclic) bond motifs is 1. The number of nitrogens with one attached hydrogen (secondary N) is 1. The molecule has 0 amide bonds. The summed E-state index contributed by atoms with van der Waals surface area (Å²) < 4.78 is 0.595. The van der Waals surface area contributed by atoms with Crippen LogP contribution in [0.1, 0.15) is 5.01 Å². The van der Waals surface area contributed by atoms with Crippen molar-refractivity contribution in [3.63, 3.8) is 0 Å². The van der Waals surface area contributed by atoms with Gasteiger partial charge in [-0.1, -0.05) is 12.1 Å². The molecule has 2 rings (SSSR count). The Balaban J connectivity index is 2.99. The van der Waals surface area contributed by atoms with Crippen molar-refractivity contribution in [3.05, 3.63) is 33.9 Å². The van der Waals surface area contributed by atoms with Gasteiger partial charge >= 0.3 is 0 Å². The van der Waals surface area contributed by atoms with Crippen LogP contribution in [-0.2, 0) is 0 Å². The average molecular weight is 176 g/mol. The Morgan fingerprint density at radius 1 is 1.33 bits per heavy atom. The van der Waals surface area contributed by atoms with Gasteiger partial charge in [-0.2, -0.15) is 0 Å². The highest BCUT2D eigenvalue weighted by Crippen LogP contribution is 2.08. The molecule has 60 valence electrons. The summed E-state index contributed by atoms with van der Waals surface area (Å²) in [5, 5.41) is 9.56. The van der Waals surface area contributed by atoms with E-state index in [4.69, 9.17) is 5.41 Å². The normalized spacial score (nSPS) is 10.4. The first-order valence-electron chi connectivity index (χ1n) is 3.68. The Hall–Kier alpha value is -1.22. The Kier molecular flexibility index (Phi) is 1.66. The van der Waals surface area contributed by atoms with Crippen LogP contribution in [0, 0.1) is 12.3 Å². The van der Waals surface area contributed by atoms with E-state index < -0.39 is 0 Å². The maximum atomic E-state index is 7.68. The van der Waals surface area contributed by atoms with Crippen LogP contribution in [0.5, 0.6) is 0 Å². The number of benzene rings is 1. The fraction of sp³-hybridized carbons (Fsp3) is 0.111. The van der Waals surface area contributed by atoms with Crippen LogP contribution < -0.4 is 4.67 Å². The van der Waals surface area contributed by atoms with E-state index in [-0.39, 0.29) is 0 Å². The molecule has 0 radical (unpaired) electrons. The van der Waals surface area contributed by atoms with Gasteiger partial charge in [0.15, 0.2) is 0 Å². The van der Waals surface area contributed by atoms with Gasteiger partial charge in [0.25, 0.3) is 0 Å². The molecule has 0 aliphatic heterocycles. The van der Waals surface area contributed by atoms with Crippen molar-refractivity contribution in [2.45, 2.75) is 6.92 Å². The van der Waals surface area contributed by atoms with Gasteiger partial charge in [0, 0.05) is 5.39 Å². The Morgan fingerprint density at radius 3 is 2.92 bits per heavy atom. The molecule has 2 aromatic rings. The average Bonchev–Trinajstić information content (AvgIpc) is 2.04. The minimum absolute atomic E-state index is 0.595. The predicted molar refractivity (Wildman–Crippen MR) is 50.2 cm³/mol. The highest BCUT2D eigenvalue weighted by Gasteiger charge is 1.96. The molecule has 0 fully saturated rings. The topological polar surface area (TPSA) is 36.7 Å². The fourth-order valence-electron chi connectivity index (χ4n) is 1.16. The van der Waals surface area contributed by atoms with Crippen molar-refractivity contribution >= 4 is 22.2 Å². The van der Waals surface area contributed by atoms with Gasteiger partial charge in [0.2, 0.25) is 0 Å². The van der Waals surface area contributed by atoms with Crippen LogP contribution in [0.15, 0.2) is 24.3 Å². The van der Waals surface area contributed by atoms with Crippen molar-refractivity contribution in [2.24, 2.45) is 0 Å². The van der Waals surface area contributed by atoms with E-state index in [1.807, 2.05) is 31.2 Å². The number of para-hydroxylation sites is 1. The summed E-state index contributed by atoms with van der Waals surface area (Å²) >= 11 is 1.42. The van der Waals surface area contributed by atoms with Gasteiger partial charge < -0.3 is 0 Å². The van der Waals surface area contributed by atoms with E-state index in [0.717, 1.165) is 15.9 Å². The highest BCUT2D eigenvalue weighted by atomic mass is 32.1. The molecule has 0 bridgehead atoms. The SMILES string of the molecule is Cc1nc2ccccc2c(=N)s1. The Bertz CT molecular complexity index is 473. The monoisotopic (exact) mass is 176 g/mol. The zero-order chi connectivity index (χ0) is 8.55. The standard InChI is InChI=1S/C9H8N2S/c1-6-11-8-5-3-2-4-7(8)9(10)12-6/h2-5,10H,1H3. The molecule has 0 saturated carbocycles. The van der Waals surface area contributed by atoms with Crippen LogP contribution in [0.4, 0.5) is 0 Å². The van der Waals surface area contributed by atoms with E-state index in [1.54, 1.807) is 0 Å². The lowest BCUT2D eigenvalue weighted by atomic mass is 10.2. The van der Waals surface area contributed by atoms with Gasteiger partial charge in [0.1, 0.15) is 4.67 Å². The third-order valence-electron chi connectivity index (χ3n) is 1.68. The van der Waals surface area contributed by atoms with Crippen molar-refractivity contribution in [3.8, 4) is 0 Å². The lowest BCUT2D eigenvalue weighted by Gasteiger charge is -1.96. The fourth-order valence-corrected chi connectivity index (χ4v) is 1.88. The second-order valence-electron chi connectivity index (χ2n) is 2.58. The van der Waals surface area contributed by atoms with Crippen LogP contribution in [-0.4, -0.2) is 4.98 Å². The second kappa shape index (κ2) is 2.68. The van der Waals surface area contributed by atoms with Gasteiger partial charge in [-0.05, 0) is 19.1 Å². The first-order valence-corrected chi connectivity index (χ1v) is 4.50. The van der Waals surface area contributed by atoms with E-state index in [2.05, 4.69) is 4.98 Å². The number of nitrogens with zero attached hydrogens (tertiary/aromatic N) is 1. The van der Waals surface area contributed by atoms with E-state index >= 15 is 0 Å². The third-order valence-corrected chi connectivity index (χ3v) is 2.49. The minimum atomic E-state index is 0.595. The van der Waals surface area contributed by atoms with Crippen molar-refractivity contribution in [1.82, 2.24) is 4.98 Å². The molecule has 1 aromatic heterocycles. The molecule has 0 unspecified atom stereocenters. The molecule has 0 aliphatic carbocycles. The largest absolute Gasteiger partial charge is 0.290 e. The quantitative estimate of drug-likeness (QED) is 0.655.